The Morgan fingerprint density at radius 1 is 1.38 bits per heavy atom. The monoisotopic (exact) mass is 284 g/mol. The summed E-state index contributed by atoms with van der Waals surface area (Å²) >= 11 is 0. The Kier molecular flexibility index (Phi) is 2.50. The van der Waals surface area contributed by atoms with E-state index >= 15 is 0 Å². The van der Waals surface area contributed by atoms with Crippen molar-refractivity contribution in [2.45, 2.75) is 25.5 Å². The molecule has 1 saturated heterocycles. The summed E-state index contributed by atoms with van der Waals surface area (Å²) in [5.74, 6) is -0.512. The van der Waals surface area contributed by atoms with E-state index in [1.165, 1.54) is 6.92 Å². The highest BCUT2D eigenvalue weighted by Gasteiger charge is 2.47. The first-order chi connectivity index (χ1) is 10.1. The van der Waals surface area contributed by atoms with Crippen LogP contribution >= 0.6 is 0 Å². The number of piperidine rings is 1. The molecule has 1 amide bonds. The Balaban J connectivity index is 1.98. The number of rotatable bonds is 0. The fourth-order valence-electron chi connectivity index (χ4n) is 3.77. The predicted octanol–water partition coefficient (Wildman–Crippen LogP) is 1.63. The molecule has 21 heavy (non-hydrogen) atoms. The number of aliphatic hydroxyl groups is 1. The van der Waals surface area contributed by atoms with Gasteiger partial charge in [-0.3, -0.25) is 9.59 Å². The van der Waals surface area contributed by atoms with Gasteiger partial charge in [0.15, 0.2) is 5.78 Å². The number of benzene rings is 1. The standard InChI is InChI=1S/C16H16N2O3/c1-8(19)18-7-13(20)10-6-12(18)14-9-4-2-3-5-11(9)17-15(14)16(10)21/h2-5,10,12-13,17,20H,6-7H2,1H3/t10-,12-,13?/m0/s1. The van der Waals surface area contributed by atoms with Crippen LogP contribution in [0.1, 0.15) is 35.4 Å². The topological polar surface area (TPSA) is 73.4 Å². The molecule has 4 rings (SSSR count). The lowest BCUT2D eigenvalue weighted by Gasteiger charge is -2.44. The van der Waals surface area contributed by atoms with E-state index in [0.717, 1.165) is 16.5 Å². The van der Waals surface area contributed by atoms with Crippen LogP contribution in [-0.2, 0) is 4.79 Å². The maximum Gasteiger partial charge on any atom is 0.220 e. The fourth-order valence-corrected chi connectivity index (χ4v) is 3.77. The van der Waals surface area contributed by atoms with E-state index in [2.05, 4.69) is 4.98 Å². The molecule has 1 aromatic carbocycles. The van der Waals surface area contributed by atoms with Crippen LogP contribution in [0.2, 0.25) is 0 Å². The van der Waals surface area contributed by atoms with Gasteiger partial charge in [-0.1, -0.05) is 18.2 Å². The Morgan fingerprint density at radius 3 is 2.90 bits per heavy atom. The summed E-state index contributed by atoms with van der Waals surface area (Å²) in [5.41, 5.74) is 2.37. The van der Waals surface area contributed by atoms with E-state index in [4.69, 9.17) is 0 Å². The van der Waals surface area contributed by atoms with Gasteiger partial charge >= 0.3 is 0 Å². The van der Waals surface area contributed by atoms with Gasteiger partial charge in [0.1, 0.15) is 0 Å². The van der Waals surface area contributed by atoms with E-state index < -0.39 is 12.0 Å². The zero-order chi connectivity index (χ0) is 14.7. The third-order valence-electron chi connectivity index (χ3n) is 4.77. The molecular weight excluding hydrogens is 268 g/mol. The summed E-state index contributed by atoms with van der Waals surface area (Å²) in [5, 5.41) is 11.2. The highest BCUT2D eigenvalue weighted by molar-refractivity contribution is 6.05. The Bertz CT molecular complexity index is 764. The van der Waals surface area contributed by atoms with Gasteiger partial charge in [-0.2, -0.15) is 0 Å². The lowest BCUT2D eigenvalue weighted by molar-refractivity contribution is -0.137. The maximum atomic E-state index is 12.6. The summed E-state index contributed by atoms with van der Waals surface area (Å²) in [7, 11) is 0. The maximum absolute atomic E-state index is 12.6. The number of fused-ring (bicyclic) bond motifs is 6. The summed E-state index contributed by atoms with van der Waals surface area (Å²) in [6, 6.07) is 7.63. The molecule has 2 heterocycles. The number of H-pyrrole nitrogens is 1. The largest absolute Gasteiger partial charge is 0.391 e. The van der Waals surface area contributed by atoms with Crippen LogP contribution < -0.4 is 0 Å². The first kappa shape index (κ1) is 12.6. The van der Waals surface area contributed by atoms with Crippen molar-refractivity contribution >= 4 is 22.6 Å². The third kappa shape index (κ3) is 1.61. The van der Waals surface area contributed by atoms with Crippen molar-refractivity contribution in [2.75, 3.05) is 6.54 Å². The van der Waals surface area contributed by atoms with Crippen LogP contribution in [0.3, 0.4) is 0 Å². The van der Waals surface area contributed by atoms with Crippen molar-refractivity contribution in [1.29, 1.82) is 0 Å². The number of para-hydroxylation sites is 1. The number of carbonyl (C=O) groups excluding carboxylic acids is 2. The summed E-state index contributed by atoms with van der Waals surface area (Å²) < 4.78 is 0. The number of amides is 1. The number of aromatic nitrogens is 1. The molecule has 1 fully saturated rings. The molecular formula is C16H16N2O3. The van der Waals surface area contributed by atoms with Crippen molar-refractivity contribution in [3.05, 3.63) is 35.5 Å². The second kappa shape index (κ2) is 4.18. The van der Waals surface area contributed by atoms with E-state index in [9.17, 15) is 14.7 Å². The molecule has 2 N–H and O–H groups in total. The summed E-state index contributed by atoms with van der Waals surface area (Å²) in [4.78, 5) is 29.4. The second-order valence-electron chi connectivity index (χ2n) is 5.92. The quantitative estimate of drug-likeness (QED) is 0.772. The molecule has 3 atom stereocenters. The SMILES string of the molecule is CC(=O)N1CC(O)[C@@H]2C[C@H]1c1c([nH]c3ccccc13)C2=O. The molecule has 2 aliphatic rings. The smallest absolute Gasteiger partial charge is 0.220 e. The Labute approximate surface area is 121 Å². The van der Waals surface area contributed by atoms with Gasteiger partial charge < -0.3 is 15.0 Å². The number of β-amino-alcohol motifs (C(OH)–C–C–N with tert-alkyl or cyclic N) is 1. The molecule has 2 bridgehead atoms. The molecule has 5 heteroatoms. The van der Waals surface area contributed by atoms with Crippen LogP contribution in [0.15, 0.2) is 24.3 Å². The van der Waals surface area contributed by atoms with E-state index in [1.54, 1.807) is 4.90 Å². The van der Waals surface area contributed by atoms with Gasteiger partial charge in [0.2, 0.25) is 5.91 Å². The zero-order valence-corrected chi connectivity index (χ0v) is 11.7. The number of likely N-dealkylation sites (tertiary alicyclic amines) is 1. The molecule has 0 saturated carbocycles. The number of hydrogen-bond donors (Lipinski definition) is 2. The predicted molar refractivity (Wildman–Crippen MR) is 76.9 cm³/mol. The van der Waals surface area contributed by atoms with Gasteiger partial charge in [-0.15, -0.1) is 0 Å². The second-order valence-corrected chi connectivity index (χ2v) is 5.92. The normalized spacial score (nSPS) is 27.8. The van der Waals surface area contributed by atoms with E-state index in [1.807, 2.05) is 24.3 Å². The van der Waals surface area contributed by atoms with Gasteiger partial charge in [0.25, 0.3) is 0 Å². The van der Waals surface area contributed by atoms with Crippen LogP contribution in [-0.4, -0.2) is 39.3 Å². The molecule has 1 aromatic heterocycles. The summed E-state index contributed by atoms with van der Waals surface area (Å²) in [6.07, 6.45) is -0.272. The Morgan fingerprint density at radius 2 is 2.14 bits per heavy atom. The minimum absolute atomic E-state index is 0.0341. The number of nitrogens with one attached hydrogen (secondary N) is 1. The van der Waals surface area contributed by atoms with Gasteiger partial charge in [-0.05, 0) is 12.5 Å². The lowest BCUT2D eigenvalue weighted by Crippen LogP contribution is -2.52. The first-order valence-electron chi connectivity index (χ1n) is 7.18. The molecule has 2 aromatic rings. The molecule has 108 valence electrons. The fraction of sp³-hybridized carbons (Fsp3) is 0.375. The van der Waals surface area contributed by atoms with Crippen molar-refractivity contribution in [3.8, 4) is 0 Å². The average Bonchev–Trinajstić information content (AvgIpc) is 2.85. The number of nitrogens with zero attached hydrogens (tertiary/aromatic N) is 1. The molecule has 0 radical (unpaired) electrons. The minimum atomic E-state index is -0.780. The van der Waals surface area contributed by atoms with Gasteiger partial charge in [0.05, 0.1) is 23.8 Å². The highest BCUT2D eigenvalue weighted by atomic mass is 16.3. The Hall–Kier alpha value is -2.14. The first-order valence-corrected chi connectivity index (χ1v) is 7.18. The molecule has 1 unspecified atom stereocenters. The van der Waals surface area contributed by atoms with Crippen molar-refractivity contribution in [2.24, 2.45) is 5.92 Å². The lowest BCUT2D eigenvalue weighted by atomic mass is 9.75. The van der Waals surface area contributed by atoms with Crippen LogP contribution in [0, 0.1) is 5.92 Å². The summed E-state index contributed by atoms with van der Waals surface area (Å²) in [6.45, 7) is 1.74. The third-order valence-corrected chi connectivity index (χ3v) is 4.77. The van der Waals surface area contributed by atoms with E-state index in [0.29, 0.717) is 12.1 Å². The average molecular weight is 284 g/mol. The van der Waals surface area contributed by atoms with Crippen molar-refractivity contribution in [3.63, 3.8) is 0 Å². The van der Waals surface area contributed by atoms with Crippen molar-refractivity contribution in [1.82, 2.24) is 9.88 Å². The number of aliphatic hydroxyl groups excluding tert-OH is 1. The number of hydrogen-bond acceptors (Lipinski definition) is 3. The van der Waals surface area contributed by atoms with E-state index in [-0.39, 0.29) is 24.3 Å². The number of Topliss-reactive ketones (excluding diaryl/α,β-unsaturated/α-hetero) is 1. The van der Waals surface area contributed by atoms with Gasteiger partial charge in [0, 0.05) is 29.9 Å². The number of carbonyl (C=O) groups is 2. The highest BCUT2D eigenvalue weighted by Crippen LogP contribution is 2.45. The molecule has 1 aliphatic carbocycles. The molecule has 0 spiro atoms. The molecule has 5 nitrogen and oxygen atoms in total. The molecule has 1 aliphatic heterocycles. The van der Waals surface area contributed by atoms with Crippen LogP contribution in [0.4, 0.5) is 0 Å². The van der Waals surface area contributed by atoms with Gasteiger partial charge in [-0.25, -0.2) is 0 Å². The van der Waals surface area contributed by atoms with Crippen LogP contribution in [0.25, 0.3) is 10.9 Å². The zero-order valence-electron chi connectivity index (χ0n) is 11.7. The number of aromatic amines is 1. The van der Waals surface area contributed by atoms with Crippen LogP contribution in [0.5, 0.6) is 0 Å². The number of ketones is 1. The van der Waals surface area contributed by atoms with Crippen molar-refractivity contribution < 1.29 is 14.7 Å². The minimum Gasteiger partial charge on any atom is -0.391 e.